The van der Waals surface area contributed by atoms with Gasteiger partial charge in [0.15, 0.2) is 5.78 Å². The molecular formula is C12H16N2O. The number of aromatic nitrogens is 1. The Labute approximate surface area is 89.7 Å². The second-order valence-corrected chi connectivity index (χ2v) is 4.22. The van der Waals surface area contributed by atoms with Crippen LogP contribution in [0.4, 0.5) is 0 Å². The second-order valence-electron chi connectivity index (χ2n) is 4.22. The average molecular weight is 204 g/mol. The molecule has 0 spiro atoms. The lowest BCUT2D eigenvalue weighted by Gasteiger charge is -2.24. The van der Waals surface area contributed by atoms with Crippen LogP contribution in [0.25, 0.3) is 0 Å². The van der Waals surface area contributed by atoms with Crippen LogP contribution < -0.4 is 5.73 Å². The Morgan fingerprint density at radius 1 is 1.33 bits per heavy atom. The Morgan fingerprint density at radius 3 is 2.67 bits per heavy atom. The van der Waals surface area contributed by atoms with E-state index in [9.17, 15) is 4.79 Å². The van der Waals surface area contributed by atoms with Gasteiger partial charge in [0, 0.05) is 29.9 Å². The molecular weight excluding hydrogens is 188 g/mol. The average Bonchev–Trinajstić information content (AvgIpc) is 2.30. The summed E-state index contributed by atoms with van der Waals surface area (Å²) in [5.41, 5.74) is 6.55. The normalized spacial score (nSPS) is 26.2. The molecule has 1 aliphatic carbocycles. The van der Waals surface area contributed by atoms with Crippen molar-refractivity contribution >= 4 is 5.78 Å². The maximum Gasteiger partial charge on any atom is 0.167 e. The first kappa shape index (κ1) is 10.3. The van der Waals surface area contributed by atoms with Crippen LogP contribution in [0.2, 0.25) is 0 Å². The standard InChI is InChI=1S/C12H16N2O/c13-11-5-3-9(4-6-11)12(15)10-2-1-7-14-8-10/h1-2,7-9,11H,3-6,13H2. The fraction of sp³-hybridized carbons (Fsp3) is 0.500. The zero-order valence-corrected chi connectivity index (χ0v) is 8.73. The summed E-state index contributed by atoms with van der Waals surface area (Å²) in [6, 6.07) is 3.94. The van der Waals surface area contributed by atoms with Gasteiger partial charge in [-0.05, 0) is 37.8 Å². The molecule has 80 valence electrons. The fourth-order valence-electron chi connectivity index (χ4n) is 2.13. The van der Waals surface area contributed by atoms with E-state index in [1.165, 1.54) is 0 Å². The van der Waals surface area contributed by atoms with E-state index in [2.05, 4.69) is 4.98 Å². The number of carbonyl (C=O) groups is 1. The third-order valence-corrected chi connectivity index (χ3v) is 3.09. The molecule has 2 rings (SSSR count). The van der Waals surface area contributed by atoms with Crippen molar-refractivity contribution in [2.24, 2.45) is 11.7 Å². The number of hydrogen-bond acceptors (Lipinski definition) is 3. The minimum Gasteiger partial charge on any atom is -0.328 e. The lowest BCUT2D eigenvalue weighted by Crippen LogP contribution is -2.29. The van der Waals surface area contributed by atoms with E-state index in [-0.39, 0.29) is 11.7 Å². The first-order valence-corrected chi connectivity index (χ1v) is 5.47. The summed E-state index contributed by atoms with van der Waals surface area (Å²) in [6.07, 6.45) is 7.13. The van der Waals surface area contributed by atoms with Crippen LogP contribution in [-0.4, -0.2) is 16.8 Å². The minimum absolute atomic E-state index is 0.161. The smallest absolute Gasteiger partial charge is 0.167 e. The molecule has 15 heavy (non-hydrogen) atoms. The first-order chi connectivity index (χ1) is 7.27. The van der Waals surface area contributed by atoms with E-state index < -0.39 is 0 Å². The van der Waals surface area contributed by atoms with Crippen LogP contribution in [0, 0.1) is 5.92 Å². The molecule has 3 nitrogen and oxygen atoms in total. The molecule has 1 aromatic rings. The highest BCUT2D eigenvalue weighted by molar-refractivity contribution is 5.97. The van der Waals surface area contributed by atoms with Gasteiger partial charge in [0.25, 0.3) is 0 Å². The largest absolute Gasteiger partial charge is 0.328 e. The summed E-state index contributed by atoms with van der Waals surface area (Å²) >= 11 is 0. The van der Waals surface area contributed by atoms with E-state index in [0.29, 0.717) is 6.04 Å². The van der Waals surface area contributed by atoms with Crippen LogP contribution in [0.1, 0.15) is 36.0 Å². The molecule has 1 aliphatic rings. The van der Waals surface area contributed by atoms with E-state index in [1.807, 2.05) is 12.1 Å². The van der Waals surface area contributed by atoms with Crippen molar-refractivity contribution in [1.29, 1.82) is 0 Å². The Balaban J connectivity index is 2.03. The number of pyridine rings is 1. The predicted octanol–water partition coefficient (Wildman–Crippen LogP) is 1.78. The Bertz CT molecular complexity index is 329. The van der Waals surface area contributed by atoms with Crippen molar-refractivity contribution in [2.75, 3.05) is 0 Å². The van der Waals surface area contributed by atoms with Crippen molar-refractivity contribution in [3.8, 4) is 0 Å². The number of ketones is 1. The van der Waals surface area contributed by atoms with Gasteiger partial charge in [-0.3, -0.25) is 9.78 Å². The lowest BCUT2D eigenvalue weighted by molar-refractivity contribution is 0.0884. The Morgan fingerprint density at radius 2 is 2.07 bits per heavy atom. The molecule has 2 N–H and O–H groups in total. The zero-order chi connectivity index (χ0) is 10.7. The van der Waals surface area contributed by atoms with Crippen LogP contribution in [0.5, 0.6) is 0 Å². The molecule has 0 aromatic carbocycles. The fourth-order valence-corrected chi connectivity index (χ4v) is 2.13. The maximum atomic E-state index is 12.0. The van der Waals surface area contributed by atoms with Crippen molar-refractivity contribution in [2.45, 2.75) is 31.7 Å². The molecule has 0 saturated heterocycles. The monoisotopic (exact) mass is 204 g/mol. The molecule has 0 bridgehead atoms. The minimum atomic E-state index is 0.161. The van der Waals surface area contributed by atoms with Gasteiger partial charge >= 0.3 is 0 Å². The van der Waals surface area contributed by atoms with Gasteiger partial charge in [-0.25, -0.2) is 0 Å². The third-order valence-electron chi connectivity index (χ3n) is 3.09. The Hall–Kier alpha value is -1.22. The van der Waals surface area contributed by atoms with Crippen LogP contribution in [0.15, 0.2) is 24.5 Å². The van der Waals surface area contributed by atoms with Gasteiger partial charge in [-0.1, -0.05) is 0 Å². The number of nitrogens with zero attached hydrogens (tertiary/aromatic N) is 1. The number of nitrogens with two attached hydrogens (primary N) is 1. The highest BCUT2D eigenvalue weighted by Gasteiger charge is 2.25. The van der Waals surface area contributed by atoms with Crippen molar-refractivity contribution in [3.63, 3.8) is 0 Å². The van der Waals surface area contributed by atoms with Gasteiger partial charge in [0.2, 0.25) is 0 Å². The van der Waals surface area contributed by atoms with E-state index in [1.54, 1.807) is 12.4 Å². The molecule has 0 aliphatic heterocycles. The summed E-state index contributed by atoms with van der Waals surface area (Å²) in [5, 5.41) is 0. The molecule has 1 saturated carbocycles. The van der Waals surface area contributed by atoms with Crippen LogP contribution in [0.3, 0.4) is 0 Å². The summed E-state index contributed by atoms with van der Waals surface area (Å²) < 4.78 is 0. The molecule has 3 heteroatoms. The third kappa shape index (κ3) is 2.42. The quantitative estimate of drug-likeness (QED) is 0.747. The zero-order valence-electron chi connectivity index (χ0n) is 8.73. The SMILES string of the molecule is NC1CCC(C(=O)c2cccnc2)CC1. The maximum absolute atomic E-state index is 12.0. The van der Waals surface area contributed by atoms with Gasteiger partial charge in [-0.15, -0.1) is 0 Å². The number of rotatable bonds is 2. The molecule has 1 aromatic heterocycles. The van der Waals surface area contributed by atoms with Crippen LogP contribution >= 0.6 is 0 Å². The topological polar surface area (TPSA) is 56.0 Å². The van der Waals surface area contributed by atoms with Gasteiger partial charge in [-0.2, -0.15) is 0 Å². The van der Waals surface area contributed by atoms with E-state index in [0.717, 1.165) is 31.2 Å². The number of hydrogen-bond donors (Lipinski definition) is 1. The van der Waals surface area contributed by atoms with Crippen molar-refractivity contribution in [3.05, 3.63) is 30.1 Å². The van der Waals surface area contributed by atoms with Gasteiger partial charge in [0.1, 0.15) is 0 Å². The molecule has 0 atom stereocenters. The number of Topliss-reactive ketones (excluding diaryl/α,β-unsaturated/α-hetero) is 1. The Kier molecular flexibility index (Phi) is 3.11. The van der Waals surface area contributed by atoms with E-state index in [4.69, 9.17) is 5.73 Å². The second kappa shape index (κ2) is 4.53. The summed E-state index contributed by atoms with van der Waals surface area (Å²) in [5.74, 6) is 0.393. The molecule has 0 radical (unpaired) electrons. The first-order valence-electron chi connectivity index (χ1n) is 5.47. The molecule has 1 fully saturated rings. The van der Waals surface area contributed by atoms with Crippen molar-refractivity contribution in [1.82, 2.24) is 4.98 Å². The predicted molar refractivity (Wildman–Crippen MR) is 58.5 cm³/mol. The highest BCUT2D eigenvalue weighted by Crippen LogP contribution is 2.26. The van der Waals surface area contributed by atoms with Crippen molar-refractivity contribution < 1.29 is 4.79 Å². The summed E-state index contributed by atoms with van der Waals surface area (Å²) in [7, 11) is 0. The van der Waals surface area contributed by atoms with Gasteiger partial charge in [0.05, 0.1) is 0 Å². The number of carbonyl (C=O) groups excluding carboxylic acids is 1. The van der Waals surface area contributed by atoms with Gasteiger partial charge < -0.3 is 5.73 Å². The lowest BCUT2D eigenvalue weighted by atomic mass is 9.82. The molecule has 0 amide bonds. The molecule has 1 heterocycles. The summed E-state index contributed by atoms with van der Waals surface area (Å²) in [6.45, 7) is 0. The summed E-state index contributed by atoms with van der Waals surface area (Å²) in [4.78, 5) is 16.0. The van der Waals surface area contributed by atoms with E-state index >= 15 is 0 Å². The van der Waals surface area contributed by atoms with Crippen LogP contribution in [-0.2, 0) is 0 Å². The molecule has 0 unspecified atom stereocenters. The highest BCUT2D eigenvalue weighted by atomic mass is 16.1.